The molecule has 0 radical (unpaired) electrons. The number of nitriles is 1. The van der Waals surface area contributed by atoms with Crippen LogP contribution in [-0.4, -0.2) is 16.2 Å². The van der Waals surface area contributed by atoms with Crippen molar-refractivity contribution in [3.05, 3.63) is 93.2 Å². The van der Waals surface area contributed by atoms with E-state index in [0.29, 0.717) is 28.6 Å². The third-order valence-electron chi connectivity index (χ3n) is 4.80. The van der Waals surface area contributed by atoms with Gasteiger partial charge in [-0.15, -0.1) is 0 Å². The first-order valence-corrected chi connectivity index (χ1v) is 10.1. The number of benzene rings is 3. The lowest BCUT2D eigenvalue weighted by molar-refractivity contribution is -0.0498. The zero-order valence-electron chi connectivity index (χ0n) is 16.0. The zero-order chi connectivity index (χ0) is 22.0. The van der Waals surface area contributed by atoms with Crippen LogP contribution in [-0.2, 0) is 13.0 Å². The number of nitrogens with zero attached hydrogens (tertiary/aromatic N) is 3. The lowest BCUT2D eigenvalue weighted by Crippen LogP contribution is -2.07. The molecule has 1 heterocycles. The van der Waals surface area contributed by atoms with E-state index in [1.54, 1.807) is 48.5 Å². The van der Waals surface area contributed by atoms with Gasteiger partial charge in [0, 0.05) is 16.5 Å². The van der Waals surface area contributed by atoms with E-state index in [-0.39, 0.29) is 5.75 Å². The van der Waals surface area contributed by atoms with Gasteiger partial charge in [-0.25, -0.2) is 4.98 Å². The van der Waals surface area contributed by atoms with E-state index in [1.165, 1.54) is 12.1 Å². The summed E-state index contributed by atoms with van der Waals surface area (Å²) < 4.78 is 31.2. The Morgan fingerprint density at radius 1 is 1.03 bits per heavy atom. The van der Waals surface area contributed by atoms with E-state index >= 15 is 0 Å². The van der Waals surface area contributed by atoms with Crippen molar-refractivity contribution in [2.45, 2.75) is 19.6 Å². The quantitative estimate of drug-likeness (QED) is 0.334. The molecule has 0 saturated heterocycles. The van der Waals surface area contributed by atoms with Crippen molar-refractivity contribution in [1.82, 2.24) is 9.55 Å². The maximum Gasteiger partial charge on any atom is 0.387 e. The highest BCUT2D eigenvalue weighted by molar-refractivity contribution is 6.33. The molecule has 4 aromatic rings. The van der Waals surface area contributed by atoms with Crippen LogP contribution in [0.1, 0.15) is 22.5 Å². The topological polar surface area (TPSA) is 50.8 Å². The molecular weight excluding hydrogens is 443 g/mol. The van der Waals surface area contributed by atoms with Crippen molar-refractivity contribution in [2.75, 3.05) is 0 Å². The number of alkyl halides is 2. The number of halogens is 4. The van der Waals surface area contributed by atoms with E-state index in [0.717, 1.165) is 28.0 Å². The van der Waals surface area contributed by atoms with Crippen molar-refractivity contribution in [3.63, 3.8) is 0 Å². The predicted octanol–water partition coefficient (Wildman–Crippen LogP) is 6.46. The fraction of sp³-hybridized carbons (Fsp3) is 0.130. The smallest absolute Gasteiger partial charge is 0.387 e. The molecule has 0 spiro atoms. The minimum absolute atomic E-state index is 0.0941. The second-order valence-corrected chi connectivity index (χ2v) is 7.71. The number of hydrogen-bond acceptors (Lipinski definition) is 3. The summed E-state index contributed by atoms with van der Waals surface area (Å²) in [7, 11) is 0. The number of rotatable bonds is 6. The average molecular weight is 458 g/mol. The summed E-state index contributed by atoms with van der Waals surface area (Å²) in [6.07, 6.45) is 0.448. The first kappa shape index (κ1) is 21.1. The van der Waals surface area contributed by atoms with Crippen molar-refractivity contribution in [1.29, 1.82) is 5.26 Å². The number of imidazole rings is 1. The molecule has 0 atom stereocenters. The first-order valence-electron chi connectivity index (χ1n) is 9.30. The van der Waals surface area contributed by atoms with Crippen molar-refractivity contribution in [2.24, 2.45) is 0 Å². The zero-order valence-corrected chi connectivity index (χ0v) is 17.5. The van der Waals surface area contributed by atoms with Gasteiger partial charge in [0.05, 0.1) is 29.2 Å². The SMILES string of the molecule is N#Cc1ccc2nc(Cc3ccc(OC(F)F)cc3)n(Cc3cc(Cl)ccc3Cl)c2c1. The Labute approximate surface area is 187 Å². The summed E-state index contributed by atoms with van der Waals surface area (Å²) in [5.41, 5.74) is 3.74. The number of hydrogen-bond donors (Lipinski definition) is 0. The van der Waals surface area contributed by atoms with E-state index in [1.807, 2.05) is 4.57 Å². The van der Waals surface area contributed by atoms with Gasteiger partial charge in [-0.3, -0.25) is 0 Å². The molecule has 0 saturated carbocycles. The Bertz CT molecular complexity index is 1280. The second-order valence-electron chi connectivity index (χ2n) is 6.86. The number of aromatic nitrogens is 2. The fourth-order valence-corrected chi connectivity index (χ4v) is 3.73. The molecule has 0 amide bonds. The highest BCUT2D eigenvalue weighted by Crippen LogP contribution is 2.26. The number of fused-ring (bicyclic) bond motifs is 1. The van der Waals surface area contributed by atoms with E-state index in [4.69, 9.17) is 28.2 Å². The fourth-order valence-electron chi connectivity index (χ4n) is 3.36. The summed E-state index contributed by atoms with van der Waals surface area (Å²) in [5, 5.41) is 10.4. The second kappa shape index (κ2) is 8.93. The molecule has 0 aliphatic heterocycles. The highest BCUT2D eigenvalue weighted by Gasteiger charge is 2.15. The molecule has 31 heavy (non-hydrogen) atoms. The highest BCUT2D eigenvalue weighted by atomic mass is 35.5. The Morgan fingerprint density at radius 3 is 2.52 bits per heavy atom. The minimum Gasteiger partial charge on any atom is -0.435 e. The normalized spacial score (nSPS) is 11.1. The Hall–Kier alpha value is -3.14. The Morgan fingerprint density at radius 2 is 1.81 bits per heavy atom. The van der Waals surface area contributed by atoms with Crippen LogP contribution in [0, 0.1) is 11.3 Å². The molecule has 0 unspecified atom stereocenters. The summed E-state index contributed by atoms with van der Waals surface area (Å²) in [6, 6.07) is 19.1. The maximum atomic E-state index is 12.4. The van der Waals surface area contributed by atoms with E-state index in [2.05, 4.69) is 10.8 Å². The van der Waals surface area contributed by atoms with Gasteiger partial charge in [-0.2, -0.15) is 14.0 Å². The predicted molar refractivity (Wildman–Crippen MR) is 116 cm³/mol. The standard InChI is InChI=1S/C23H15Cl2F2N3O/c24-17-4-7-19(25)16(11-17)13-30-21-9-15(12-28)3-8-20(21)29-22(30)10-14-1-5-18(6-2-14)31-23(26)27/h1-9,11,23H,10,13H2. The first-order chi connectivity index (χ1) is 14.9. The third kappa shape index (κ3) is 4.79. The van der Waals surface area contributed by atoms with Crippen LogP contribution in [0.5, 0.6) is 5.75 Å². The van der Waals surface area contributed by atoms with Crippen LogP contribution in [0.15, 0.2) is 60.7 Å². The van der Waals surface area contributed by atoms with Gasteiger partial charge in [0.25, 0.3) is 0 Å². The van der Waals surface area contributed by atoms with Crippen LogP contribution >= 0.6 is 23.2 Å². The molecule has 1 aromatic heterocycles. The van der Waals surface area contributed by atoms with Gasteiger partial charge < -0.3 is 9.30 Å². The molecule has 0 fully saturated rings. The summed E-state index contributed by atoms with van der Waals surface area (Å²) >= 11 is 12.5. The summed E-state index contributed by atoms with van der Waals surface area (Å²) in [6.45, 7) is -2.46. The maximum absolute atomic E-state index is 12.4. The molecule has 4 rings (SSSR count). The average Bonchev–Trinajstić information content (AvgIpc) is 3.08. The molecule has 3 aromatic carbocycles. The Kier molecular flexibility index (Phi) is 6.08. The summed E-state index contributed by atoms with van der Waals surface area (Å²) in [5.74, 6) is 0.834. The van der Waals surface area contributed by atoms with Crippen molar-refractivity contribution in [3.8, 4) is 11.8 Å². The van der Waals surface area contributed by atoms with Gasteiger partial charge in [0.15, 0.2) is 0 Å². The van der Waals surface area contributed by atoms with Gasteiger partial charge in [0.1, 0.15) is 11.6 Å². The lowest BCUT2D eigenvalue weighted by atomic mass is 10.1. The monoisotopic (exact) mass is 457 g/mol. The molecular formula is C23H15Cl2F2N3O. The van der Waals surface area contributed by atoms with Crippen LogP contribution in [0.3, 0.4) is 0 Å². The van der Waals surface area contributed by atoms with Gasteiger partial charge >= 0.3 is 6.61 Å². The minimum atomic E-state index is -2.87. The number of ether oxygens (including phenoxy) is 1. The molecule has 0 N–H and O–H groups in total. The van der Waals surface area contributed by atoms with Crippen molar-refractivity contribution >= 4 is 34.2 Å². The van der Waals surface area contributed by atoms with Gasteiger partial charge in [0.2, 0.25) is 0 Å². The summed E-state index contributed by atoms with van der Waals surface area (Å²) in [4.78, 5) is 4.73. The molecule has 156 valence electrons. The van der Waals surface area contributed by atoms with Crippen LogP contribution in [0.2, 0.25) is 10.0 Å². The van der Waals surface area contributed by atoms with Crippen molar-refractivity contribution < 1.29 is 13.5 Å². The lowest BCUT2D eigenvalue weighted by Gasteiger charge is -2.12. The molecule has 0 aliphatic rings. The van der Waals surface area contributed by atoms with E-state index in [9.17, 15) is 14.0 Å². The van der Waals surface area contributed by atoms with Crippen LogP contribution < -0.4 is 4.74 Å². The van der Waals surface area contributed by atoms with Gasteiger partial charge in [-0.05, 0) is 59.7 Å². The molecule has 8 heteroatoms. The van der Waals surface area contributed by atoms with Crippen LogP contribution in [0.25, 0.3) is 11.0 Å². The molecule has 0 bridgehead atoms. The third-order valence-corrected chi connectivity index (χ3v) is 5.41. The molecule has 0 aliphatic carbocycles. The van der Waals surface area contributed by atoms with Gasteiger partial charge in [-0.1, -0.05) is 35.3 Å². The molecule has 4 nitrogen and oxygen atoms in total. The van der Waals surface area contributed by atoms with Crippen LogP contribution in [0.4, 0.5) is 8.78 Å². The van der Waals surface area contributed by atoms with E-state index < -0.39 is 6.61 Å². The Balaban J connectivity index is 1.74. The largest absolute Gasteiger partial charge is 0.435 e.